The summed E-state index contributed by atoms with van der Waals surface area (Å²) in [5.41, 5.74) is 5.13. The minimum absolute atomic E-state index is 0.103. The average molecular weight is 441 g/mol. The fraction of sp³-hybridized carbons (Fsp3) is 0.292. The van der Waals surface area contributed by atoms with Crippen molar-refractivity contribution in [3.05, 3.63) is 70.8 Å². The molecule has 1 aliphatic rings. The molecule has 1 saturated heterocycles. The number of nitrogens with zero attached hydrogens (tertiary/aromatic N) is 7. The van der Waals surface area contributed by atoms with E-state index in [0.29, 0.717) is 12.6 Å². The van der Waals surface area contributed by atoms with Gasteiger partial charge in [0.05, 0.1) is 24.5 Å². The number of H-pyrrole nitrogens is 1. The second-order valence-corrected chi connectivity index (χ2v) is 8.77. The van der Waals surface area contributed by atoms with Gasteiger partial charge in [0.2, 0.25) is 5.56 Å². The molecule has 9 nitrogen and oxygen atoms in total. The Morgan fingerprint density at radius 1 is 1.09 bits per heavy atom. The number of hydrogen-bond acceptors (Lipinski definition) is 6. The molecular weight excluding hydrogens is 416 g/mol. The minimum atomic E-state index is -0.103. The Labute approximate surface area is 189 Å². The van der Waals surface area contributed by atoms with Crippen molar-refractivity contribution in [2.24, 2.45) is 0 Å². The summed E-state index contributed by atoms with van der Waals surface area (Å²) < 4.78 is 3.90. The summed E-state index contributed by atoms with van der Waals surface area (Å²) in [7, 11) is 2.17. The van der Waals surface area contributed by atoms with Crippen LogP contribution in [-0.4, -0.2) is 59.8 Å². The van der Waals surface area contributed by atoms with E-state index in [-0.39, 0.29) is 5.56 Å². The first-order chi connectivity index (χ1) is 16.1. The molecule has 4 aromatic heterocycles. The maximum absolute atomic E-state index is 11.5. The Morgan fingerprint density at radius 3 is 2.85 bits per heavy atom. The Balaban J connectivity index is 1.29. The van der Waals surface area contributed by atoms with Gasteiger partial charge in [0.25, 0.3) is 0 Å². The molecule has 1 N–H and O–H groups in total. The van der Waals surface area contributed by atoms with E-state index in [0.717, 1.165) is 64.8 Å². The lowest BCUT2D eigenvalue weighted by Gasteiger charge is -2.28. The van der Waals surface area contributed by atoms with Gasteiger partial charge in [-0.05, 0) is 74.3 Å². The second kappa shape index (κ2) is 7.93. The topological polar surface area (TPSA) is 97.5 Å². The monoisotopic (exact) mass is 440 g/mol. The van der Waals surface area contributed by atoms with Gasteiger partial charge < -0.3 is 9.88 Å². The molecular formula is C24H24N8O. The molecule has 0 spiro atoms. The van der Waals surface area contributed by atoms with Crippen molar-refractivity contribution in [1.29, 1.82) is 0 Å². The summed E-state index contributed by atoms with van der Waals surface area (Å²) in [5.74, 6) is 0. The Hall–Kier alpha value is -3.85. The maximum Gasteiger partial charge on any atom is 0.248 e. The summed E-state index contributed by atoms with van der Waals surface area (Å²) in [4.78, 5) is 21.6. The van der Waals surface area contributed by atoms with E-state index in [9.17, 15) is 4.79 Å². The summed E-state index contributed by atoms with van der Waals surface area (Å²) in [6, 6.07) is 13.7. The summed E-state index contributed by atoms with van der Waals surface area (Å²) in [5, 5.41) is 14.2. The predicted molar refractivity (Wildman–Crippen MR) is 126 cm³/mol. The highest BCUT2D eigenvalue weighted by atomic mass is 16.1. The van der Waals surface area contributed by atoms with Crippen molar-refractivity contribution in [2.75, 3.05) is 20.1 Å². The van der Waals surface area contributed by atoms with Gasteiger partial charge in [-0.25, -0.2) is 9.67 Å². The second-order valence-electron chi connectivity index (χ2n) is 8.77. The van der Waals surface area contributed by atoms with Crippen molar-refractivity contribution >= 4 is 22.1 Å². The van der Waals surface area contributed by atoms with E-state index < -0.39 is 0 Å². The Kier molecular flexibility index (Phi) is 4.76. The molecule has 0 amide bonds. The van der Waals surface area contributed by atoms with Crippen LogP contribution in [0.4, 0.5) is 0 Å². The molecule has 1 aliphatic heterocycles. The number of fused-ring (bicyclic) bond motifs is 2. The Morgan fingerprint density at radius 2 is 1.97 bits per heavy atom. The molecule has 0 atom stereocenters. The van der Waals surface area contributed by atoms with Crippen LogP contribution in [0.5, 0.6) is 0 Å². The SMILES string of the molecule is CN1CCC(n2cc(-c3ccc4nnn(Cc5ccc6[nH]c(=O)ccc6c5)c4n3)cn2)CC1. The predicted octanol–water partition coefficient (Wildman–Crippen LogP) is 2.85. The largest absolute Gasteiger partial charge is 0.322 e. The third-order valence-corrected chi connectivity index (χ3v) is 6.44. The highest BCUT2D eigenvalue weighted by molar-refractivity contribution is 5.79. The zero-order valence-electron chi connectivity index (χ0n) is 18.3. The normalized spacial score (nSPS) is 15.5. The minimum Gasteiger partial charge on any atom is -0.322 e. The number of aromatic amines is 1. The Bertz CT molecular complexity index is 1510. The van der Waals surface area contributed by atoms with Crippen LogP contribution < -0.4 is 5.56 Å². The van der Waals surface area contributed by atoms with Crippen molar-refractivity contribution in [3.63, 3.8) is 0 Å². The van der Waals surface area contributed by atoms with Crippen LogP contribution >= 0.6 is 0 Å². The van der Waals surface area contributed by atoms with Crippen LogP contribution in [0.25, 0.3) is 33.3 Å². The van der Waals surface area contributed by atoms with E-state index in [1.807, 2.05) is 47.3 Å². The van der Waals surface area contributed by atoms with E-state index in [1.54, 1.807) is 0 Å². The highest BCUT2D eigenvalue weighted by Gasteiger charge is 2.19. The summed E-state index contributed by atoms with van der Waals surface area (Å²) in [6.45, 7) is 2.73. The van der Waals surface area contributed by atoms with E-state index >= 15 is 0 Å². The molecule has 0 bridgehead atoms. The number of piperidine rings is 1. The lowest BCUT2D eigenvalue weighted by Crippen LogP contribution is -2.31. The van der Waals surface area contributed by atoms with Crippen molar-refractivity contribution < 1.29 is 0 Å². The third kappa shape index (κ3) is 3.80. The fourth-order valence-electron chi connectivity index (χ4n) is 4.53. The highest BCUT2D eigenvalue weighted by Crippen LogP contribution is 2.25. The van der Waals surface area contributed by atoms with Crippen molar-refractivity contribution in [1.82, 2.24) is 39.6 Å². The summed E-state index contributed by atoms with van der Waals surface area (Å²) in [6.07, 6.45) is 6.22. The van der Waals surface area contributed by atoms with Crippen molar-refractivity contribution in [2.45, 2.75) is 25.4 Å². The number of nitrogens with one attached hydrogen (secondary N) is 1. The smallest absolute Gasteiger partial charge is 0.248 e. The van der Waals surface area contributed by atoms with Crippen LogP contribution in [0.1, 0.15) is 24.4 Å². The van der Waals surface area contributed by atoms with E-state index in [4.69, 9.17) is 4.98 Å². The number of benzene rings is 1. The van der Waals surface area contributed by atoms with E-state index in [2.05, 4.69) is 43.2 Å². The van der Waals surface area contributed by atoms with Crippen LogP contribution in [-0.2, 0) is 6.54 Å². The van der Waals surface area contributed by atoms with Crippen LogP contribution in [0.15, 0.2) is 59.7 Å². The number of pyridine rings is 2. The third-order valence-electron chi connectivity index (χ3n) is 6.44. The van der Waals surface area contributed by atoms with Crippen LogP contribution in [0, 0.1) is 0 Å². The zero-order valence-corrected chi connectivity index (χ0v) is 18.3. The first kappa shape index (κ1) is 19.8. The van der Waals surface area contributed by atoms with Gasteiger partial charge in [-0.1, -0.05) is 11.3 Å². The quantitative estimate of drug-likeness (QED) is 0.462. The first-order valence-corrected chi connectivity index (χ1v) is 11.2. The zero-order chi connectivity index (χ0) is 22.4. The molecule has 33 heavy (non-hydrogen) atoms. The molecule has 0 aliphatic carbocycles. The van der Waals surface area contributed by atoms with Gasteiger partial charge in [-0.2, -0.15) is 5.10 Å². The number of rotatable bonds is 4. The van der Waals surface area contributed by atoms with Gasteiger partial charge >= 0.3 is 0 Å². The molecule has 9 heteroatoms. The van der Waals surface area contributed by atoms with Gasteiger partial charge in [-0.15, -0.1) is 5.10 Å². The molecule has 5 heterocycles. The van der Waals surface area contributed by atoms with Crippen molar-refractivity contribution in [3.8, 4) is 11.3 Å². The lowest BCUT2D eigenvalue weighted by molar-refractivity contribution is 0.212. The number of likely N-dealkylation sites (tertiary alicyclic amines) is 1. The standard InChI is InChI=1S/C24H24N8O/c1-30-10-8-19(9-11-30)31-15-18(13-25-31)21-5-6-22-24(27-21)32(29-28-22)14-16-2-4-20-17(12-16)3-7-23(33)26-20/h2-7,12-13,15,19H,8-11,14H2,1H3,(H,26,33). The lowest BCUT2D eigenvalue weighted by atomic mass is 10.1. The number of hydrogen-bond donors (Lipinski definition) is 1. The average Bonchev–Trinajstić information content (AvgIpc) is 3.47. The molecule has 6 rings (SSSR count). The summed E-state index contributed by atoms with van der Waals surface area (Å²) >= 11 is 0. The van der Waals surface area contributed by atoms with Crippen LogP contribution in [0.3, 0.4) is 0 Å². The number of aromatic nitrogens is 7. The molecule has 0 unspecified atom stereocenters. The van der Waals surface area contributed by atoms with Gasteiger partial charge in [0.1, 0.15) is 5.52 Å². The van der Waals surface area contributed by atoms with Gasteiger partial charge in [-0.3, -0.25) is 9.48 Å². The first-order valence-electron chi connectivity index (χ1n) is 11.2. The van der Waals surface area contributed by atoms with Gasteiger partial charge in [0.15, 0.2) is 5.65 Å². The molecule has 5 aromatic rings. The van der Waals surface area contributed by atoms with Crippen LogP contribution in [0.2, 0.25) is 0 Å². The van der Waals surface area contributed by atoms with Gasteiger partial charge in [0, 0.05) is 23.3 Å². The fourth-order valence-corrected chi connectivity index (χ4v) is 4.53. The molecule has 1 aromatic carbocycles. The molecule has 0 saturated carbocycles. The molecule has 0 radical (unpaired) electrons. The maximum atomic E-state index is 11.5. The van der Waals surface area contributed by atoms with E-state index in [1.165, 1.54) is 6.07 Å². The molecule has 1 fully saturated rings. The molecule has 166 valence electrons.